The van der Waals surface area contributed by atoms with Crippen LogP contribution in [0.2, 0.25) is 0 Å². The van der Waals surface area contributed by atoms with Crippen molar-refractivity contribution >= 4 is 17.4 Å². The molecule has 1 saturated heterocycles. The van der Waals surface area contributed by atoms with Crippen molar-refractivity contribution in [1.82, 2.24) is 14.9 Å². The van der Waals surface area contributed by atoms with E-state index in [2.05, 4.69) is 20.6 Å². The van der Waals surface area contributed by atoms with Gasteiger partial charge < -0.3 is 20.5 Å². The third kappa shape index (κ3) is 3.93. The summed E-state index contributed by atoms with van der Waals surface area (Å²) in [5, 5.41) is 6.24. The zero-order chi connectivity index (χ0) is 18.5. The number of anilines is 2. The lowest BCUT2D eigenvalue weighted by Crippen LogP contribution is -2.57. The number of carbonyl (C=O) groups excluding carboxylic acids is 1. The molecule has 3 heterocycles. The fourth-order valence-electron chi connectivity index (χ4n) is 2.80. The first kappa shape index (κ1) is 17.7. The standard InChI is InChI=1S/C19H23N5O2/c1-3-4-5-18(25)24-11-15(12-24)23-16-8-14(10-22-19(16)26)13-6-7-21-17(9-13)20-2/h4-10,15,23H,3,11-12H2,1-2H3,(H,20,21)(H,22,26)/b5-4+. The van der Waals surface area contributed by atoms with E-state index in [0.29, 0.717) is 18.8 Å². The van der Waals surface area contributed by atoms with Gasteiger partial charge >= 0.3 is 0 Å². The number of rotatable bonds is 6. The van der Waals surface area contributed by atoms with Crippen LogP contribution in [-0.2, 0) is 4.79 Å². The van der Waals surface area contributed by atoms with Crippen LogP contribution in [-0.4, -0.2) is 47.0 Å². The highest BCUT2D eigenvalue weighted by Crippen LogP contribution is 2.22. The van der Waals surface area contributed by atoms with Crippen LogP contribution in [0.25, 0.3) is 11.1 Å². The van der Waals surface area contributed by atoms with Gasteiger partial charge in [0.1, 0.15) is 11.5 Å². The van der Waals surface area contributed by atoms with Crippen molar-refractivity contribution in [3.05, 3.63) is 53.1 Å². The van der Waals surface area contributed by atoms with Crippen LogP contribution in [0.5, 0.6) is 0 Å². The first-order chi connectivity index (χ1) is 12.6. The number of nitrogens with one attached hydrogen (secondary N) is 3. The minimum Gasteiger partial charge on any atom is -0.374 e. The highest BCUT2D eigenvalue weighted by Gasteiger charge is 2.29. The average molecular weight is 353 g/mol. The maximum Gasteiger partial charge on any atom is 0.271 e. The molecule has 7 nitrogen and oxygen atoms in total. The summed E-state index contributed by atoms with van der Waals surface area (Å²) in [5.74, 6) is 0.778. The van der Waals surface area contributed by atoms with E-state index in [0.717, 1.165) is 23.4 Å². The second-order valence-electron chi connectivity index (χ2n) is 6.21. The smallest absolute Gasteiger partial charge is 0.271 e. The normalized spacial score (nSPS) is 14.3. The molecule has 26 heavy (non-hydrogen) atoms. The van der Waals surface area contributed by atoms with Crippen LogP contribution >= 0.6 is 0 Å². The Morgan fingerprint density at radius 3 is 2.92 bits per heavy atom. The Kier molecular flexibility index (Phi) is 5.36. The number of aromatic amines is 1. The van der Waals surface area contributed by atoms with Crippen molar-refractivity contribution in [2.75, 3.05) is 30.8 Å². The van der Waals surface area contributed by atoms with Crippen molar-refractivity contribution in [1.29, 1.82) is 0 Å². The highest BCUT2D eigenvalue weighted by atomic mass is 16.2. The summed E-state index contributed by atoms with van der Waals surface area (Å²) in [6.07, 6.45) is 7.71. The Hall–Kier alpha value is -3.09. The van der Waals surface area contributed by atoms with Gasteiger partial charge in [0, 0.05) is 38.1 Å². The van der Waals surface area contributed by atoms with Gasteiger partial charge in [0.25, 0.3) is 5.56 Å². The summed E-state index contributed by atoms with van der Waals surface area (Å²) >= 11 is 0. The SMILES string of the molecule is CC/C=C/C(=O)N1CC(Nc2cc(-c3ccnc(NC)c3)c[nH]c2=O)C1. The van der Waals surface area contributed by atoms with Gasteiger partial charge in [-0.1, -0.05) is 13.0 Å². The van der Waals surface area contributed by atoms with Gasteiger partial charge in [-0.15, -0.1) is 0 Å². The van der Waals surface area contributed by atoms with Gasteiger partial charge in [-0.05, 0) is 36.3 Å². The molecule has 1 aliphatic heterocycles. The van der Waals surface area contributed by atoms with E-state index in [1.807, 2.05) is 38.2 Å². The number of hydrogen-bond donors (Lipinski definition) is 3. The van der Waals surface area contributed by atoms with Crippen molar-refractivity contribution in [2.45, 2.75) is 19.4 Å². The molecule has 1 amide bonds. The van der Waals surface area contributed by atoms with E-state index in [-0.39, 0.29) is 17.5 Å². The number of amides is 1. The molecule has 136 valence electrons. The number of hydrogen-bond acceptors (Lipinski definition) is 5. The van der Waals surface area contributed by atoms with Crippen LogP contribution < -0.4 is 16.2 Å². The topological polar surface area (TPSA) is 90.1 Å². The predicted octanol–water partition coefficient (Wildman–Crippen LogP) is 2.07. The molecule has 2 aromatic heterocycles. The lowest BCUT2D eigenvalue weighted by atomic mass is 10.1. The predicted molar refractivity (Wildman–Crippen MR) is 103 cm³/mol. The number of pyridine rings is 2. The Morgan fingerprint density at radius 2 is 2.19 bits per heavy atom. The first-order valence-corrected chi connectivity index (χ1v) is 8.69. The van der Waals surface area contributed by atoms with Gasteiger partial charge in [0.05, 0.1) is 6.04 Å². The Bertz CT molecular complexity index is 868. The third-order valence-electron chi connectivity index (χ3n) is 4.30. The van der Waals surface area contributed by atoms with E-state index in [1.165, 1.54) is 0 Å². The van der Waals surface area contributed by atoms with Gasteiger partial charge in [0.2, 0.25) is 5.91 Å². The quantitative estimate of drug-likeness (QED) is 0.692. The van der Waals surface area contributed by atoms with Gasteiger partial charge in [-0.2, -0.15) is 0 Å². The van der Waals surface area contributed by atoms with Crippen LogP contribution in [0.3, 0.4) is 0 Å². The fourth-order valence-corrected chi connectivity index (χ4v) is 2.80. The molecule has 7 heteroatoms. The number of likely N-dealkylation sites (tertiary alicyclic amines) is 1. The Labute approximate surface area is 152 Å². The van der Waals surface area contributed by atoms with Crippen molar-refractivity contribution in [2.24, 2.45) is 0 Å². The summed E-state index contributed by atoms with van der Waals surface area (Å²) in [6.45, 7) is 3.18. The van der Waals surface area contributed by atoms with Crippen molar-refractivity contribution < 1.29 is 4.79 Å². The molecule has 0 spiro atoms. The molecular formula is C19H23N5O2. The summed E-state index contributed by atoms with van der Waals surface area (Å²) < 4.78 is 0. The molecule has 3 rings (SSSR count). The van der Waals surface area contributed by atoms with Crippen LogP contribution in [0, 0.1) is 0 Å². The Morgan fingerprint density at radius 1 is 1.38 bits per heavy atom. The molecule has 0 saturated carbocycles. The zero-order valence-corrected chi connectivity index (χ0v) is 15.0. The summed E-state index contributed by atoms with van der Waals surface area (Å²) in [6, 6.07) is 5.72. The minimum absolute atomic E-state index is 0.0175. The molecule has 1 fully saturated rings. The van der Waals surface area contributed by atoms with Gasteiger partial charge in [-0.25, -0.2) is 4.98 Å². The highest BCUT2D eigenvalue weighted by molar-refractivity contribution is 5.88. The fraction of sp³-hybridized carbons (Fsp3) is 0.316. The maximum absolute atomic E-state index is 12.1. The van der Waals surface area contributed by atoms with E-state index < -0.39 is 0 Å². The van der Waals surface area contributed by atoms with Crippen LogP contribution in [0.4, 0.5) is 11.5 Å². The monoisotopic (exact) mass is 353 g/mol. The molecule has 0 aromatic carbocycles. The van der Waals surface area contributed by atoms with Crippen molar-refractivity contribution in [3.63, 3.8) is 0 Å². The average Bonchev–Trinajstić information content (AvgIpc) is 2.63. The number of aromatic nitrogens is 2. The maximum atomic E-state index is 12.1. The molecule has 0 radical (unpaired) electrons. The number of carbonyl (C=O) groups is 1. The number of allylic oxidation sites excluding steroid dienone is 1. The second kappa shape index (κ2) is 7.86. The van der Waals surface area contributed by atoms with E-state index in [1.54, 1.807) is 23.4 Å². The van der Waals surface area contributed by atoms with E-state index in [9.17, 15) is 9.59 Å². The minimum atomic E-state index is -0.174. The number of H-pyrrole nitrogens is 1. The molecule has 2 aromatic rings. The van der Waals surface area contributed by atoms with Crippen LogP contribution in [0.1, 0.15) is 13.3 Å². The molecule has 0 atom stereocenters. The van der Waals surface area contributed by atoms with Gasteiger partial charge in [0.15, 0.2) is 0 Å². The second-order valence-corrected chi connectivity index (χ2v) is 6.21. The molecule has 3 N–H and O–H groups in total. The summed E-state index contributed by atoms with van der Waals surface area (Å²) in [4.78, 5) is 32.7. The third-order valence-corrected chi connectivity index (χ3v) is 4.30. The van der Waals surface area contributed by atoms with E-state index in [4.69, 9.17) is 0 Å². The van der Waals surface area contributed by atoms with Gasteiger partial charge in [-0.3, -0.25) is 9.59 Å². The molecule has 0 unspecified atom stereocenters. The van der Waals surface area contributed by atoms with Crippen LogP contribution in [0.15, 0.2) is 47.5 Å². The summed E-state index contributed by atoms with van der Waals surface area (Å²) in [5.41, 5.74) is 2.18. The largest absolute Gasteiger partial charge is 0.374 e. The summed E-state index contributed by atoms with van der Waals surface area (Å²) in [7, 11) is 1.81. The first-order valence-electron chi connectivity index (χ1n) is 8.69. The lowest BCUT2D eigenvalue weighted by Gasteiger charge is -2.39. The molecule has 0 aliphatic carbocycles. The molecule has 0 bridgehead atoms. The lowest BCUT2D eigenvalue weighted by molar-refractivity contribution is -0.129. The Balaban J connectivity index is 1.69. The molecule has 1 aliphatic rings. The number of nitrogens with zero attached hydrogens (tertiary/aromatic N) is 2. The van der Waals surface area contributed by atoms with E-state index >= 15 is 0 Å². The molecular weight excluding hydrogens is 330 g/mol. The van der Waals surface area contributed by atoms with Crippen molar-refractivity contribution in [3.8, 4) is 11.1 Å². The zero-order valence-electron chi connectivity index (χ0n) is 15.0.